The van der Waals surface area contributed by atoms with Crippen LogP contribution in [0.1, 0.15) is 38.2 Å². The summed E-state index contributed by atoms with van der Waals surface area (Å²) in [6.07, 6.45) is 1.87. The molecule has 1 aliphatic heterocycles. The lowest BCUT2D eigenvalue weighted by molar-refractivity contribution is 0.562. The molecule has 1 heterocycles. The van der Waals surface area contributed by atoms with E-state index in [0.29, 0.717) is 4.47 Å². The summed E-state index contributed by atoms with van der Waals surface area (Å²) in [6.45, 7) is 4.15. The maximum Gasteiger partial charge on any atom is 0.175 e. The second kappa shape index (κ2) is 7.31. The molecule has 27 heavy (non-hydrogen) atoms. The zero-order valence-corrected chi connectivity index (χ0v) is 18.3. The minimum absolute atomic E-state index is 0.226. The van der Waals surface area contributed by atoms with Crippen molar-refractivity contribution >= 4 is 45.3 Å². The van der Waals surface area contributed by atoms with Crippen molar-refractivity contribution in [3.05, 3.63) is 34.1 Å². The van der Waals surface area contributed by atoms with Crippen LogP contribution in [0.25, 0.3) is 0 Å². The highest BCUT2D eigenvalue weighted by Gasteiger charge is 2.91. The van der Waals surface area contributed by atoms with Gasteiger partial charge in [0.15, 0.2) is 4.20 Å². The Morgan fingerprint density at radius 2 is 1.85 bits per heavy atom. The molecule has 0 aromatic heterocycles. The summed E-state index contributed by atoms with van der Waals surface area (Å²) in [5.41, 5.74) is 4.82. The van der Waals surface area contributed by atoms with Crippen LogP contribution in [0.5, 0.6) is 0 Å². The van der Waals surface area contributed by atoms with Gasteiger partial charge in [0.1, 0.15) is 22.5 Å². The fourth-order valence-corrected chi connectivity index (χ4v) is 7.65. The molecule has 1 fully saturated rings. The van der Waals surface area contributed by atoms with Gasteiger partial charge in [-0.15, -0.1) is 23.5 Å². The quantitative estimate of drug-likeness (QED) is 0.570. The summed E-state index contributed by atoms with van der Waals surface area (Å²) in [4.78, 5) is 4.72. The molecule has 0 saturated heterocycles. The largest absolute Gasteiger partial charge is 0.386 e. The maximum absolute atomic E-state index is 13.8. The Balaban J connectivity index is 2.18. The molecule has 3 unspecified atom stereocenters. The topological polar surface area (TPSA) is 86.0 Å². The van der Waals surface area contributed by atoms with E-state index in [0.717, 1.165) is 29.9 Å². The first-order chi connectivity index (χ1) is 12.9. The molecule has 0 bridgehead atoms. The summed E-state index contributed by atoms with van der Waals surface area (Å²) in [7, 11) is 0. The predicted octanol–water partition coefficient (Wildman–Crippen LogP) is 5.02. The third-order valence-electron chi connectivity index (χ3n) is 5.21. The number of fused-ring (bicyclic) bond motifs is 1. The molecule has 3 atom stereocenters. The van der Waals surface area contributed by atoms with E-state index in [1.807, 2.05) is 0 Å². The van der Waals surface area contributed by atoms with Crippen LogP contribution in [-0.4, -0.2) is 21.5 Å². The van der Waals surface area contributed by atoms with Gasteiger partial charge >= 0.3 is 0 Å². The maximum atomic E-state index is 13.8. The fraction of sp³-hybridized carbons (Fsp3) is 0.526. The van der Waals surface area contributed by atoms with Crippen LogP contribution >= 0.6 is 39.5 Å². The number of nitrogens with zero attached hydrogens (tertiary/aromatic N) is 3. The summed E-state index contributed by atoms with van der Waals surface area (Å²) in [6, 6.07) is 9.45. The van der Waals surface area contributed by atoms with Crippen molar-refractivity contribution < 1.29 is 4.39 Å². The molecule has 3 rings (SSSR count). The lowest BCUT2D eigenvalue weighted by Gasteiger charge is -2.32. The second-order valence-electron chi connectivity index (χ2n) is 6.72. The van der Waals surface area contributed by atoms with Gasteiger partial charge in [-0.25, -0.2) is 9.38 Å². The first-order valence-corrected chi connectivity index (χ1v) is 11.6. The van der Waals surface area contributed by atoms with Crippen LogP contribution in [0.2, 0.25) is 0 Å². The van der Waals surface area contributed by atoms with Crippen molar-refractivity contribution in [3.8, 4) is 12.1 Å². The SMILES string of the molecule is CCCSC1(SCCC)N=C(N)C2(C#N)C(c3ccc(F)c(Br)c3)C12C#N. The smallest absolute Gasteiger partial charge is 0.175 e. The Morgan fingerprint density at radius 3 is 2.33 bits per heavy atom. The number of amidine groups is 1. The first kappa shape index (κ1) is 20.5. The molecule has 0 radical (unpaired) electrons. The van der Waals surface area contributed by atoms with E-state index in [-0.39, 0.29) is 11.7 Å². The Kier molecular flexibility index (Phi) is 5.55. The van der Waals surface area contributed by atoms with Crippen molar-refractivity contribution in [3.63, 3.8) is 0 Å². The van der Waals surface area contributed by atoms with E-state index in [9.17, 15) is 14.9 Å². The number of nitrogens with two attached hydrogens (primary N) is 1. The molecular formula is C19H20BrFN4S2. The minimum Gasteiger partial charge on any atom is -0.386 e. The van der Waals surface area contributed by atoms with Gasteiger partial charge in [-0.3, -0.25) is 0 Å². The molecule has 2 N–H and O–H groups in total. The van der Waals surface area contributed by atoms with Gasteiger partial charge in [0, 0.05) is 5.92 Å². The number of thioether (sulfide) groups is 2. The predicted molar refractivity (Wildman–Crippen MR) is 113 cm³/mol. The molecule has 1 saturated carbocycles. The van der Waals surface area contributed by atoms with E-state index in [1.54, 1.807) is 35.7 Å². The van der Waals surface area contributed by atoms with Crippen LogP contribution in [-0.2, 0) is 0 Å². The Morgan fingerprint density at radius 1 is 1.22 bits per heavy atom. The molecule has 0 spiro atoms. The Labute approximate surface area is 175 Å². The standard InChI is InChI=1S/C19H20BrFN4S2/c1-3-7-26-19(27-8-4-2)18(11-23)15(17(18,10-22)16(24)25-19)12-5-6-14(21)13(20)9-12/h5-6,9,15H,3-4,7-8H2,1-2H3,(H2,24,25). The first-order valence-electron chi connectivity index (χ1n) is 8.81. The van der Waals surface area contributed by atoms with Crippen molar-refractivity contribution in [2.24, 2.45) is 21.6 Å². The molecule has 1 aromatic rings. The number of hydrogen-bond acceptors (Lipinski definition) is 6. The normalized spacial score (nSPS) is 30.1. The molecular weight excluding hydrogens is 447 g/mol. The number of nitriles is 2. The van der Waals surface area contributed by atoms with Crippen molar-refractivity contribution in [1.82, 2.24) is 0 Å². The van der Waals surface area contributed by atoms with E-state index in [4.69, 9.17) is 10.7 Å². The summed E-state index contributed by atoms with van der Waals surface area (Å²) in [5, 5.41) is 20.4. The second-order valence-corrected chi connectivity index (χ2v) is 10.4. The highest BCUT2D eigenvalue weighted by atomic mass is 79.9. The van der Waals surface area contributed by atoms with Crippen LogP contribution in [0, 0.1) is 39.3 Å². The van der Waals surface area contributed by atoms with Crippen molar-refractivity contribution in [1.29, 1.82) is 10.5 Å². The lowest BCUT2D eigenvalue weighted by Crippen LogP contribution is -2.32. The van der Waals surface area contributed by atoms with Crippen LogP contribution in [0.15, 0.2) is 27.7 Å². The van der Waals surface area contributed by atoms with E-state index in [1.165, 1.54) is 6.07 Å². The molecule has 1 aromatic carbocycles. The zero-order valence-electron chi connectivity index (χ0n) is 15.1. The van der Waals surface area contributed by atoms with E-state index >= 15 is 0 Å². The average molecular weight is 467 g/mol. The molecule has 8 heteroatoms. The fourth-order valence-electron chi connectivity index (χ4n) is 4.03. The summed E-state index contributed by atoms with van der Waals surface area (Å²) in [5.74, 6) is 1.05. The lowest BCUT2D eigenvalue weighted by atomic mass is 9.97. The molecule has 1 aliphatic carbocycles. The molecule has 2 aliphatic rings. The number of benzene rings is 1. The number of halogens is 2. The van der Waals surface area contributed by atoms with Gasteiger partial charge in [0.2, 0.25) is 0 Å². The Hall–Kier alpha value is -1.22. The van der Waals surface area contributed by atoms with Crippen LogP contribution in [0.3, 0.4) is 0 Å². The average Bonchev–Trinajstić information content (AvgIpc) is 3.24. The minimum atomic E-state index is -1.17. The number of aliphatic imine (C=N–C) groups is 1. The molecule has 142 valence electrons. The summed E-state index contributed by atoms with van der Waals surface area (Å²) >= 11 is 6.42. The Bertz CT molecular complexity index is 869. The zero-order chi connectivity index (χ0) is 19.9. The van der Waals surface area contributed by atoms with Crippen molar-refractivity contribution in [2.75, 3.05) is 11.5 Å². The van der Waals surface area contributed by atoms with Crippen LogP contribution < -0.4 is 5.73 Å². The van der Waals surface area contributed by atoms with E-state index < -0.39 is 21.0 Å². The monoisotopic (exact) mass is 466 g/mol. The van der Waals surface area contributed by atoms with Crippen LogP contribution in [0.4, 0.5) is 4.39 Å². The number of hydrogen-bond donors (Lipinski definition) is 1. The van der Waals surface area contributed by atoms with Gasteiger partial charge < -0.3 is 5.73 Å². The van der Waals surface area contributed by atoms with Gasteiger partial charge in [-0.1, -0.05) is 19.9 Å². The third kappa shape index (κ3) is 2.57. The van der Waals surface area contributed by atoms with E-state index in [2.05, 4.69) is 41.9 Å². The van der Waals surface area contributed by atoms with Gasteiger partial charge in [-0.05, 0) is 58.0 Å². The van der Waals surface area contributed by atoms with Gasteiger partial charge in [0.25, 0.3) is 0 Å². The molecule has 0 amide bonds. The highest BCUT2D eigenvalue weighted by molar-refractivity contribution is 9.10. The van der Waals surface area contributed by atoms with Crippen molar-refractivity contribution in [2.45, 2.75) is 36.8 Å². The third-order valence-corrected chi connectivity index (χ3v) is 9.36. The van der Waals surface area contributed by atoms with Gasteiger partial charge in [-0.2, -0.15) is 10.5 Å². The highest BCUT2D eigenvalue weighted by Crippen LogP contribution is 2.85. The number of rotatable bonds is 7. The summed E-state index contributed by atoms with van der Waals surface area (Å²) < 4.78 is 13.2. The molecule has 4 nitrogen and oxygen atoms in total. The van der Waals surface area contributed by atoms with Gasteiger partial charge in [0.05, 0.1) is 16.6 Å².